The molecular weight excluding hydrogens is 422 g/mol. The van der Waals surface area contributed by atoms with Crippen LogP contribution in [0.2, 0.25) is 0 Å². The molecule has 9 nitrogen and oxygen atoms in total. The molecule has 0 unspecified atom stereocenters. The van der Waals surface area contributed by atoms with Crippen molar-refractivity contribution in [3.63, 3.8) is 0 Å². The Balaban J connectivity index is 1.21. The monoisotopic (exact) mass is 449 g/mol. The van der Waals surface area contributed by atoms with Crippen LogP contribution in [0.5, 0.6) is 11.5 Å². The van der Waals surface area contributed by atoms with Gasteiger partial charge in [0.1, 0.15) is 13.2 Å². The van der Waals surface area contributed by atoms with Crippen molar-refractivity contribution in [2.24, 2.45) is 0 Å². The highest BCUT2D eigenvalue weighted by atomic mass is 16.6. The number of carbonyl (C=O) groups excluding carboxylic acids is 2. The molecule has 2 heterocycles. The molecule has 2 N–H and O–H groups in total. The van der Waals surface area contributed by atoms with E-state index in [1.54, 1.807) is 18.2 Å². The Hall–Kier alpha value is -3.61. The molecule has 0 radical (unpaired) electrons. The Morgan fingerprint density at radius 1 is 0.939 bits per heavy atom. The molecule has 0 saturated carbocycles. The van der Waals surface area contributed by atoms with Crippen LogP contribution in [0.3, 0.4) is 0 Å². The fourth-order valence-corrected chi connectivity index (χ4v) is 3.94. The van der Waals surface area contributed by atoms with Gasteiger partial charge in [0.2, 0.25) is 5.91 Å². The Morgan fingerprint density at radius 3 is 2.45 bits per heavy atom. The molecule has 9 heteroatoms. The SMILES string of the molecule is N#Cc1ccc(CN2CCCN(CC(=O)NC(=O)Nc3ccc4c(c3)OCCO4)CC2)cc1. The summed E-state index contributed by atoms with van der Waals surface area (Å²) in [5.41, 5.74) is 2.35. The van der Waals surface area contributed by atoms with E-state index in [1.807, 2.05) is 24.3 Å². The fraction of sp³-hybridized carbons (Fsp3) is 0.375. The van der Waals surface area contributed by atoms with E-state index < -0.39 is 6.03 Å². The van der Waals surface area contributed by atoms with Gasteiger partial charge < -0.3 is 14.8 Å². The van der Waals surface area contributed by atoms with Gasteiger partial charge in [-0.05, 0) is 49.3 Å². The lowest BCUT2D eigenvalue weighted by molar-refractivity contribution is -0.121. The zero-order valence-corrected chi connectivity index (χ0v) is 18.4. The van der Waals surface area contributed by atoms with E-state index in [0.717, 1.165) is 44.7 Å². The number of carbonyl (C=O) groups is 2. The van der Waals surface area contributed by atoms with Gasteiger partial charge in [0, 0.05) is 31.4 Å². The van der Waals surface area contributed by atoms with Crippen molar-refractivity contribution in [3.8, 4) is 17.6 Å². The molecule has 4 rings (SSSR count). The van der Waals surface area contributed by atoms with Crippen LogP contribution in [-0.4, -0.2) is 67.7 Å². The van der Waals surface area contributed by atoms with Crippen molar-refractivity contribution < 1.29 is 19.1 Å². The zero-order chi connectivity index (χ0) is 23.0. The Labute approximate surface area is 192 Å². The average molecular weight is 450 g/mol. The number of benzene rings is 2. The molecule has 172 valence electrons. The fourth-order valence-electron chi connectivity index (χ4n) is 3.94. The van der Waals surface area contributed by atoms with Crippen molar-refractivity contribution in [1.82, 2.24) is 15.1 Å². The molecule has 0 spiro atoms. The highest BCUT2D eigenvalue weighted by molar-refractivity contribution is 6.01. The number of imide groups is 1. The lowest BCUT2D eigenvalue weighted by Gasteiger charge is -2.21. The molecule has 2 aromatic rings. The summed E-state index contributed by atoms with van der Waals surface area (Å²) in [7, 11) is 0. The van der Waals surface area contributed by atoms with E-state index in [-0.39, 0.29) is 12.5 Å². The minimum absolute atomic E-state index is 0.166. The second-order valence-electron chi connectivity index (χ2n) is 8.08. The molecule has 0 bridgehead atoms. The number of amides is 3. The standard InChI is InChI=1S/C24H27N5O4/c25-15-18-2-4-19(5-3-18)16-28-8-1-9-29(11-10-28)17-23(30)27-24(31)26-20-6-7-21-22(14-20)33-13-12-32-21/h2-7,14H,1,8-13,16-17H2,(H2,26,27,30,31). The third-order valence-corrected chi connectivity index (χ3v) is 5.59. The third kappa shape index (κ3) is 6.44. The predicted octanol–water partition coefficient (Wildman–Crippen LogP) is 2.19. The van der Waals surface area contributed by atoms with Crippen molar-refractivity contribution in [1.29, 1.82) is 5.26 Å². The lowest BCUT2D eigenvalue weighted by atomic mass is 10.1. The van der Waals surface area contributed by atoms with Gasteiger partial charge in [-0.15, -0.1) is 0 Å². The Bertz CT molecular complexity index is 1030. The Morgan fingerprint density at radius 2 is 1.67 bits per heavy atom. The maximum atomic E-state index is 12.4. The number of anilines is 1. The summed E-state index contributed by atoms with van der Waals surface area (Å²) in [5, 5.41) is 14.0. The van der Waals surface area contributed by atoms with Gasteiger partial charge in [0.05, 0.1) is 18.2 Å². The summed E-state index contributed by atoms with van der Waals surface area (Å²) in [6.45, 7) is 5.23. The van der Waals surface area contributed by atoms with Crippen LogP contribution in [-0.2, 0) is 11.3 Å². The molecule has 0 aromatic heterocycles. The first kappa shape index (κ1) is 22.6. The maximum absolute atomic E-state index is 12.4. The summed E-state index contributed by atoms with van der Waals surface area (Å²) in [4.78, 5) is 29.0. The first-order valence-corrected chi connectivity index (χ1v) is 11.0. The van der Waals surface area contributed by atoms with Gasteiger partial charge >= 0.3 is 6.03 Å². The minimum atomic E-state index is -0.575. The number of fused-ring (bicyclic) bond motifs is 1. The second-order valence-corrected chi connectivity index (χ2v) is 8.08. The van der Waals surface area contributed by atoms with E-state index in [2.05, 4.69) is 26.5 Å². The summed E-state index contributed by atoms with van der Waals surface area (Å²) in [5.74, 6) is 0.865. The van der Waals surface area contributed by atoms with Crippen molar-refractivity contribution >= 4 is 17.6 Å². The first-order chi connectivity index (χ1) is 16.1. The van der Waals surface area contributed by atoms with E-state index in [9.17, 15) is 9.59 Å². The highest BCUT2D eigenvalue weighted by Crippen LogP contribution is 2.32. The largest absolute Gasteiger partial charge is 0.486 e. The van der Waals surface area contributed by atoms with E-state index in [0.29, 0.717) is 36.0 Å². The molecule has 33 heavy (non-hydrogen) atoms. The number of hydrogen-bond donors (Lipinski definition) is 2. The second kappa shape index (κ2) is 10.8. The van der Waals surface area contributed by atoms with Crippen LogP contribution in [0.4, 0.5) is 10.5 Å². The third-order valence-electron chi connectivity index (χ3n) is 5.59. The van der Waals surface area contributed by atoms with Crippen LogP contribution in [0, 0.1) is 11.3 Å². The molecule has 2 aliphatic rings. The molecule has 2 aliphatic heterocycles. The number of nitrogens with zero attached hydrogens (tertiary/aromatic N) is 3. The van der Waals surface area contributed by atoms with E-state index in [1.165, 1.54) is 0 Å². The zero-order valence-electron chi connectivity index (χ0n) is 18.4. The van der Waals surface area contributed by atoms with Gasteiger partial charge in [-0.1, -0.05) is 12.1 Å². The summed E-state index contributed by atoms with van der Waals surface area (Å²) < 4.78 is 11.0. The van der Waals surface area contributed by atoms with Gasteiger partial charge in [0.15, 0.2) is 11.5 Å². The number of rotatable bonds is 5. The van der Waals surface area contributed by atoms with Gasteiger partial charge in [0.25, 0.3) is 0 Å². The molecule has 1 saturated heterocycles. The number of nitrogens with one attached hydrogen (secondary N) is 2. The number of ether oxygens (including phenoxy) is 2. The number of hydrogen-bond acceptors (Lipinski definition) is 7. The molecular formula is C24H27N5O4. The van der Waals surface area contributed by atoms with Crippen LogP contribution in [0.15, 0.2) is 42.5 Å². The number of nitriles is 1. The number of urea groups is 1. The highest BCUT2D eigenvalue weighted by Gasteiger charge is 2.19. The molecule has 3 amide bonds. The predicted molar refractivity (Wildman–Crippen MR) is 122 cm³/mol. The molecule has 2 aromatic carbocycles. The lowest BCUT2D eigenvalue weighted by Crippen LogP contribution is -2.43. The summed E-state index contributed by atoms with van der Waals surface area (Å²) >= 11 is 0. The van der Waals surface area contributed by atoms with Crippen LogP contribution >= 0.6 is 0 Å². The van der Waals surface area contributed by atoms with E-state index in [4.69, 9.17) is 14.7 Å². The summed E-state index contributed by atoms with van der Waals surface area (Å²) in [6, 6.07) is 14.3. The van der Waals surface area contributed by atoms with Gasteiger partial charge in [-0.2, -0.15) is 5.26 Å². The van der Waals surface area contributed by atoms with Gasteiger partial charge in [-0.25, -0.2) is 4.79 Å². The van der Waals surface area contributed by atoms with Crippen molar-refractivity contribution in [2.75, 3.05) is 51.3 Å². The average Bonchev–Trinajstić information content (AvgIpc) is 3.04. The Kier molecular flexibility index (Phi) is 7.40. The minimum Gasteiger partial charge on any atom is -0.486 e. The van der Waals surface area contributed by atoms with Crippen molar-refractivity contribution in [2.45, 2.75) is 13.0 Å². The van der Waals surface area contributed by atoms with Crippen molar-refractivity contribution in [3.05, 3.63) is 53.6 Å². The summed E-state index contributed by atoms with van der Waals surface area (Å²) in [6.07, 6.45) is 0.937. The first-order valence-electron chi connectivity index (χ1n) is 11.0. The molecule has 0 aliphatic carbocycles. The van der Waals surface area contributed by atoms with Crippen LogP contribution in [0.25, 0.3) is 0 Å². The molecule has 1 fully saturated rings. The smallest absolute Gasteiger partial charge is 0.325 e. The van der Waals surface area contributed by atoms with E-state index >= 15 is 0 Å². The van der Waals surface area contributed by atoms with Gasteiger partial charge in [-0.3, -0.25) is 19.9 Å². The topological polar surface area (TPSA) is 107 Å². The normalized spacial score (nSPS) is 16.3. The van der Waals surface area contributed by atoms with Crippen LogP contribution in [0.1, 0.15) is 17.5 Å². The maximum Gasteiger partial charge on any atom is 0.325 e. The quantitative estimate of drug-likeness (QED) is 0.721. The molecule has 0 atom stereocenters. The van der Waals surface area contributed by atoms with Crippen LogP contribution < -0.4 is 20.1 Å².